The van der Waals surface area contributed by atoms with Gasteiger partial charge >= 0.3 is 0 Å². The van der Waals surface area contributed by atoms with Gasteiger partial charge in [0.05, 0.1) is 23.4 Å². The van der Waals surface area contributed by atoms with Crippen LogP contribution < -0.4 is 4.90 Å². The minimum absolute atomic E-state index is 0.0155. The summed E-state index contributed by atoms with van der Waals surface area (Å²) in [6.45, 7) is 4.60. The van der Waals surface area contributed by atoms with Gasteiger partial charge in [-0.1, -0.05) is 23.7 Å². The summed E-state index contributed by atoms with van der Waals surface area (Å²) in [6.07, 6.45) is 1.18. The molecule has 17 heavy (non-hydrogen) atoms. The van der Waals surface area contributed by atoms with Gasteiger partial charge in [0.1, 0.15) is 0 Å². The second-order valence-electron chi connectivity index (χ2n) is 4.39. The lowest BCUT2D eigenvalue weighted by molar-refractivity contribution is 0.0820. The number of para-hydroxylation sites is 1. The molecular weight excluding hydrogens is 238 g/mol. The molecule has 94 valence electrons. The number of anilines is 1. The van der Waals surface area contributed by atoms with Crippen LogP contribution in [0, 0.1) is 0 Å². The molecule has 2 rings (SSSR count). The van der Waals surface area contributed by atoms with Crippen LogP contribution in [0.2, 0.25) is 5.02 Å². The first-order valence-corrected chi connectivity index (χ1v) is 6.35. The van der Waals surface area contributed by atoms with Gasteiger partial charge < -0.3 is 14.7 Å². The second kappa shape index (κ2) is 5.71. The molecule has 0 spiro atoms. The number of hydrogen-bond donors (Lipinski definition) is 1. The zero-order valence-electron chi connectivity index (χ0n) is 10.0. The van der Waals surface area contributed by atoms with Gasteiger partial charge in [0, 0.05) is 25.3 Å². The molecule has 1 N–H and O–H groups in total. The Bertz CT molecular complexity index is 384. The van der Waals surface area contributed by atoms with E-state index in [-0.39, 0.29) is 12.7 Å². The summed E-state index contributed by atoms with van der Waals surface area (Å²) in [5.41, 5.74) is 1.83. The van der Waals surface area contributed by atoms with E-state index >= 15 is 0 Å². The Morgan fingerprint density at radius 2 is 2.35 bits per heavy atom. The highest BCUT2D eigenvalue weighted by molar-refractivity contribution is 6.33. The molecule has 4 heteroatoms. The standard InChI is InChI=1S/C13H18ClNO2/c1-10-8-15(6-3-7-17-10)13-11(9-16)4-2-5-12(13)14/h2,4-5,10,16H,3,6-9H2,1H3. The van der Waals surface area contributed by atoms with Crippen LogP contribution in [0.1, 0.15) is 18.9 Å². The molecule has 0 bridgehead atoms. The average Bonchev–Trinajstić information content (AvgIpc) is 2.53. The van der Waals surface area contributed by atoms with Gasteiger partial charge in [-0.05, 0) is 19.4 Å². The summed E-state index contributed by atoms with van der Waals surface area (Å²) >= 11 is 6.25. The number of nitrogens with zero attached hydrogens (tertiary/aromatic N) is 1. The Balaban J connectivity index is 2.31. The molecule has 1 aromatic rings. The van der Waals surface area contributed by atoms with Crippen molar-refractivity contribution >= 4 is 17.3 Å². The maximum atomic E-state index is 9.39. The van der Waals surface area contributed by atoms with E-state index in [1.165, 1.54) is 0 Å². The van der Waals surface area contributed by atoms with E-state index in [0.717, 1.165) is 37.4 Å². The van der Waals surface area contributed by atoms with Gasteiger partial charge in [-0.2, -0.15) is 0 Å². The largest absolute Gasteiger partial charge is 0.392 e. The van der Waals surface area contributed by atoms with E-state index in [2.05, 4.69) is 11.8 Å². The summed E-state index contributed by atoms with van der Waals surface area (Å²) in [4.78, 5) is 2.21. The highest BCUT2D eigenvalue weighted by Crippen LogP contribution is 2.31. The summed E-state index contributed by atoms with van der Waals surface area (Å²) in [6, 6.07) is 5.65. The first kappa shape index (κ1) is 12.7. The summed E-state index contributed by atoms with van der Waals surface area (Å²) in [5, 5.41) is 10.1. The maximum Gasteiger partial charge on any atom is 0.0721 e. The highest BCUT2D eigenvalue weighted by atomic mass is 35.5. The Morgan fingerprint density at radius 1 is 1.53 bits per heavy atom. The quantitative estimate of drug-likeness (QED) is 0.881. The summed E-state index contributed by atoms with van der Waals surface area (Å²) in [5.74, 6) is 0. The van der Waals surface area contributed by atoms with Crippen molar-refractivity contribution in [3.63, 3.8) is 0 Å². The smallest absolute Gasteiger partial charge is 0.0721 e. The Labute approximate surface area is 107 Å². The van der Waals surface area contributed by atoms with E-state index in [9.17, 15) is 5.11 Å². The van der Waals surface area contributed by atoms with Crippen LogP contribution in [0.4, 0.5) is 5.69 Å². The predicted molar refractivity (Wildman–Crippen MR) is 69.6 cm³/mol. The number of rotatable bonds is 2. The van der Waals surface area contributed by atoms with Crippen LogP contribution in [-0.4, -0.2) is 30.9 Å². The molecular formula is C13H18ClNO2. The van der Waals surface area contributed by atoms with Crippen molar-refractivity contribution in [2.24, 2.45) is 0 Å². The van der Waals surface area contributed by atoms with E-state index < -0.39 is 0 Å². The number of halogens is 1. The van der Waals surface area contributed by atoms with Crippen LogP contribution in [0.25, 0.3) is 0 Å². The third-order valence-corrected chi connectivity index (χ3v) is 3.31. The third-order valence-electron chi connectivity index (χ3n) is 3.01. The number of aliphatic hydroxyl groups excluding tert-OH is 1. The molecule has 0 aromatic heterocycles. The maximum absolute atomic E-state index is 9.39. The molecule has 0 amide bonds. The first-order chi connectivity index (χ1) is 8.22. The monoisotopic (exact) mass is 255 g/mol. The van der Waals surface area contributed by atoms with Crippen LogP contribution in [0.5, 0.6) is 0 Å². The van der Waals surface area contributed by atoms with Crippen molar-refractivity contribution in [3.8, 4) is 0 Å². The van der Waals surface area contributed by atoms with E-state index in [0.29, 0.717) is 5.02 Å². The zero-order chi connectivity index (χ0) is 12.3. The first-order valence-electron chi connectivity index (χ1n) is 5.97. The minimum Gasteiger partial charge on any atom is -0.392 e. The van der Waals surface area contributed by atoms with Gasteiger partial charge in [-0.25, -0.2) is 0 Å². The molecule has 1 aromatic carbocycles. The number of benzene rings is 1. The molecule has 1 saturated heterocycles. The van der Waals surface area contributed by atoms with Crippen molar-refractivity contribution in [1.82, 2.24) is 0 Å². The summed E-state index contributed by atoms with van der Waals surface area (Å²) < 4.78 is 5.62. The molecule has 1 heterocycles. The van der Waals surface area contributed by atoms with Crippen molar-refractivity contribution < 1.29 is 9.84 Å². The van der Waals surface area contributed by atoms with Crippen molar-refractivity contribution in [3.05, 3.63) is 28.8 Å². The Hall–Kier alpha value is -0.770. The van der Waals surface area contributed by atoms with Crippen LogP contribution in [-0.2, 0) is 11.3 Å². The van der Waals surface area contributed by atoms with Crippen molar-refractivity contribution in [2.75, 3.05) is 24.6 Å². The molecule has 1 unspecified atom stereocenters. The molecule has 1 aliphatic rings. The average molecular weight is 256 g/mol. The number of ether oxygens (including phenoxy) is 1. The third kappa shape index (κ3) is 2.92. The van der Waals surface area contributed by atoms with E-state index in [1.54, 1.807) is 0 Å². The number of aliphatic hydroxyl groups is 1. The second-order valence-corrected chi connectivity index (χ2v) is 4.79. The van der Waals surface area contributed by atoms with Gasteiger partial charge in [0.2, 0.25) is 0 Å². The molecule has 1 aliphatic heterocycles. The fourth-order valence-corrected chi connectivity index (χ4v) is 2.55. The van der Waals surface area contributed by atoms with Crippen LogP contribution >= 0.6 is 11.6 Å². The van der Waals surface area contributed by atoms with Crippen LogP contribution in [0.3, 0.4) is 0 Å². The lowest BCUT2D eigenvalue weighted by Crippen LogP contribution is -2.31. The Kier molecular flexibility index (Phi) is 4.26. The topological polar surface area (TPSA) is 32.7 Å². The lowest BCUT2D eigenvalue weighted by atomic mass is 10.1. The molecule has 3 nitrogen and oxygen atoms in total. The normalized spacial score (nSPS) is 21.4. The van der Waals surface area contributed by atoms with Gasteiger partial charge in [-0.3, -0.25) is 0 Å². The molecule has 0 aliphatic carbocycles. The van der Waals surface area contributed by atoms with Gasteiger partial charge in [-0.15, -0.1) is 0 Å². The Morgan fingerprint density at radius 3 is 3.12 bits per heavy atom. The van der Waals surface area contributed by atoms with Gasteiger partial charge in [0.25, 0.3) is 0 Å². The lowest BCUT2D eigenvalue weighted by Gasteiger charge is -2.27. The zero-order valence-corrected chi connectivity index (χ0v) is 10.8. The molecule has 1 fully saturated rings. The highest BCUT2D eigenvalue weighted by Gasteiger charge is 2.19. The fraction of sp³-hybridized carbons (Fsp3) is 0.538. The predicted octanol–water partition coefficient (Wildman–Crippen LogP) is 2.45. The van der Waals surface area contributed by atoms with E-state index in [4.69, 9.17) is 16.3 Å². The number of hydrogen-bond acceptors (Lipinski definition) is 3. The SMILES string of the molecule is CC1CN(c2c(Cl)cccc2CO)CCCO1. The minimum atomic E-state index is 0.0155. The molecule has 0 radical (unpaired) electrons. The van der Waals surface area contributed by atoms with Crippen molar-refractivity contribution in [1.29, 1.82) is 0 Å². The summed E-state index contributed by atoms with van der Waals surface area (Å²) in [7, 11) is 0. The van der Waals surface area contributed by atoms with Gasteiger partial charge in [0.15, 0.2) is 0 Å². The van der Waals surface area contributed by atoms with E-state index in [1.807, 2.05) is 18.2 Å². The molecule has 0 saturated carbocycles. The van der Waals surface area contributed by atoms with Crippen molar-refractivity contribution in [2.45, 2.75) is 26.1 Å². The van der Waals surface area contributed by atoms with Crippen LogP contribution in [0.15, 0.2) is 18.2 Å². The fourth-order valence-electron chi connectivity index (χ4n) is 2.24. The molecule has 1 atom stereocenters.